The van der Waals surface area contributed by atoms with Gasteiger partial charge in [0.15, 0.2) is 0 Å². The lowest BCUT2D eigenvalue weighted by Crippen LogP contribution is -2.37. The van der Waals surface area contributed by atoms with Crippen molar-refractivity contribution in [2.24, 2.45) is 0 Å². The van der Waals surface area contributed by atoms with Crippen molar-refractivity contribution >= 4 is 16.0 Å². The number of aromatic nitrogens is 2. The highest BCUT2D eigenvalue weighted by molar-refractivity contribution is 7.89. The molecule has 0 atom stereocenters. The van der Waals surface area contributed by atoms with Crippen molar-refractivity contribution in [2.75, 3.05) is 31.9 Å². The fourth-order valence-corrected chi connectivity index (χ4v) is 4.96. The fraction of sp³-hybridized carbons (Fsp3) is 0.273. The lowest BCUT2D eigenvalue weighted by Gasteiger charge is -2.22. The number of benzene rings is 2. The maximum atomic E-state index is 14.9. The number of hydrogen-bond donors (Lipinski definition) is 2. The largest absolute Gasteiger partial charge is 0.368 e. The SMILES string of the molecule is CCNCCN(CC)S(=O)(=O)c1ccccc1-c1ccc(-c2cnc(N)nc2)c(F)c1. The van der Waals surface area contributed by atoms with Gasteiger partial charge in [0.25, 0.3) is 0 Å². The van der Waals surface area contributed by atoms with Crippen LogP contribution in [0.3, 0.4) is 0 Å². The average molecular weight is 444 g/mol. The van der Waals surface area contributed by atoms with Gasteiger partial charge in [-0.15, -0.1) is 0 Å². The van der Waals surface area contributed by atoms with Gasteiger partial charge < -0.3 is 11.1 Å². The van der Waals surface area contributed by atoms with E-state index in [1.54, 1.807) is 43.3 Å². The van der Waals surface area contributed by atoms with Gasteiger partial charge in [0.05, 0.1) is 4.90 Å². The summed E-state index contributed by atoms with van der Waals surface area (Å²) in [6.07, 6.45) is 2.89. The fourth-order valence-electron chi connectivity index (χ4n) is 3.29. The smallest absolute Gasteiger partial charge is 0.243 e. The van der Waals surface area contributed by atoms with Crippen molar-refractivity contribution in [2.45, 2.75) is 18.7 Å². The van der Waals surface area contributed by atoms with E-state index in [0.29, 0.717) is 41.9 Å². The van der Waals surface area contributed by atoms with Crippen LogP contribution in [0.1, 0.15) is 13.8 Å². The summed E-state index contributed by atoms with van der Waals surface area (Å²) in [6.45, 7) is 5.78. The second kappa shape index (κ2) is 9.95. The van der Waals surface area contributed by atoms with Gasteiger partial charge >= 0.3 is 0 Å². The summed E-state index contributed by atoms with van der Waals surface area (Å²) in [6, 6.07) is 11.3. The first kappa shape index (κ1) is 22.8. The van der Waals surface area contributed by atoms with E-state index in [-0.39, 0.29) is 10.8 Å². The van der Waals surface area contributed by atoms with Crippen LogP contribution in [0.15, 0.2) is 59.8 Å². The standard InChI is InChI=1S/C22H26FN5O2S/c1-3-25-11-12-28(4-2)31(29,30)21-8-6-5-7-19(21)16-9-10-18(20(23)13-16)17-14-26-22(24)27-15-17/h5-10,13-15,25H,3-4,11-12H2,1-2H3,(H2,24,26,27). The van der Waals surface area contributed by atoms with Gasteiger partial charge in [-0.1, -0.05) is 44.2 Å². The van der Waals surface area contributed by atoms with Crippen LogP contribution < -0.4 is 11.1 Å². The second-order valence-electron chi connectivity index (χ2n) is 6.87. The molecule has 7 nitrogen and oxygen atoms in total. The molecule has 3 N–H and O–H groups in total. The number of likely N-dealkylation sites (N-methyl/N-ethyl adjacent to an activating group) is 2. The summed E-state index contributed by atoms with van der Waals surface area (Å²) in [4.78, 5) is 7.94. The van der Waals surface area contributed by atoms with Gasteiger partial charge in [-0.05, 0) is 24.2 Å². The molecule has 0 spiro atoms. The predicted octanol–water partition coefficient (Wildman–Crippen LogP) is 3.15. The van der Waals surface area contributed by atoms with Crippen LogP contribution >= 0.6 is 0 Å². The third-order valence-electron chi connectivity index (χ3n) is 4.91. The average Bonchev–Trinajstić information content (AvgIpc) is 2.77. The lowest BCUT2D eigenvalue weighted by molar-refractivity contribution is 0.422. The Labute approximate surface area is 182 Å². The molecule has 1 aromatic heterocycles. The Hall–Kier alpha value is -2.88. The summed E-state index contributed by atoms with van der Waals surface area (Å²) >= 11 is 0. The normalized spacial score (nSPS) is 11.7. The third kappa shape index (κ3) is 5.07. The molecule has 0 aliphatic carbocycles. The Morgan fingerprint density at radius 1 is 1.03 bits per heavy atom. The lowest BCUT2D eigenvalue weighted by atomic mass is 10.0. The molecule has 0 unspecified atom stereocenters. The van der Waals surface area contributed by atoms with Crippen LogP contribution in [0.25, 0.3) is 22.3 Å². The van der Waals surface area contributed by atoms with E-state index in [1.165, 1.54) is 22.8 Å². The maximum absolute atomic E-state index is 14.9. The van der Waals surface area contributed by atoms with Gasteiger partial charge in [-0.3, -0.25) is 0 Å². The van der Waals surface area contributed by atoms with Gasteiger partial charge in [-0.2, -0.15) is 4.31 Å². The molecule has 3 rings (SSSR count). The molecule has 0 bridgehead atoms. The first-order valence-electron chi connectivity index (χ1n) is 10.1. The molecule has 1 heterocycles. The number of hydrogen-bond acceptors (Lipinski definition) is 6. The predicted molar refractivity (Wildman–Crippen MR) is 120 cm³/mol. The molecule has 0 aliphatic rings. The summed E-state index contributed by atoms with van der Waals surface area (Å²) < 4.78 is 43.0. The number of sulfonamides is 1. The van der Waals surface area contributed by atoms with Crippen LogP contribution in [0, 0.1) is 5.82 Å². The van der Waals surface area contributed by atoms with Crippen molar-refractivity contribution in [1.29, 1.82) is 0 Å². The highest BCUT2D eigenvalue weighted by Gasteiger charge is 2.26. The molecular formula is C22H26FN5O2S. The number of nitrogens with two attached hydrogens (primary N) is 1. The van der Waals surface area contributed by atoms with Gasteiger partial charge in [-0.25, -0.2) is 22.8 Å². The maximum Gasteiger partial charge on any atom is 0.243 e. The molecule has 31 heavy (non-hydrogen) atoms. The Bertz CT molecular complexity index is 1140. The summed E-state index contributed by atoms with van der Waals surface area (Å²) in [5.41, 5.74) is 7.21. The number of nitrogens with zero attached hydrogens (tertiary/aromatic N) is 3. The molecule has 0 amide bonds. The molecule has 0 saturated carbocycles. The molecule has 0 radical (unpaired) electrons. The summed E-state index contributed by atoms with van der Waals surface area (Å²) in [5.74, 6) is -0.396. The minimum atomic E-state index is -3.75. The number of nitrogens with one attached hydrogen (secondary N) is 1. The Balaban J connectivity index is 1.99. The van der Waals surface area contributed by atoms with E-state index < -0.39 is 15.8 Å². The first-order chi connectivity index (χ1) is 14.9. The molecule has 0 saturated heterocycles. The van der Waals surface area contributed by atoms with Crippen molar-refractivity contribution in [3.05, 3.63) is 60.7 Å². The first-order valence-corrected chi connectivity index (χ1v) is 11.5. The van der Waals surface area contributed by atoms with E-state index in [0.717, 1.165) is 6.54 Å². The van der Waals surface area contributed by atoms with Crippen LogP contribution in [-0.2, 0) is 10.0 Å². The third-order valence-corrected chi connectivity index (χ3v) is 6.94. The molecule has 2 aromatic carbocycles. The zero-order valence-electron chi connectivity index (χ0n) is 17.5. The summed E-state index contributed by atoms with van der Waals surface area (Å²) in [5, 5.41) is 3.14. The van der Waals surface area contributed by atoms with Crippen LogP contribution in [0.5, 0.6) is 0 Å². The second-order valence-corrected chi connectivity index (χ2v) is 8.78. The minimum absolute atomic E-state index is 0.106. The molecule has 164 valence electrons. The van der Waals surface area contributed by atoms with Gasteiger partial charge in [0.2, 0.25) is 16.0 Å². The van der Waals surface area contributed by atoms with Crippen LogP contribution in [0.2, 0.25) is 0 Å². The molecule has 3 aromatic rings. The monoisotopic (exact) mass is 443 g/mol. The molecule has 0 fully saturated rings. The van der Waals surface area contributed by atoms with Crippen molar-refractivity contribution in [1.82, 2.24) is 19.6 Å². The van der Waals surface area contributed by atoms with Gasteiger partial charge in [0, 0.05) is 48.7 Å². The molecule has 9 heteroatoms. The minimum Gasteiger partial charge on any atom is -0.368 e. The number of anilines is 1. The highest BCUT2D eigenvalue weighted by Crippen LogP contribution is 2.32. The van der Waals surface area contributed by atoms with Crippen LogP contribution in [-0.4, -0.2) is 48.9 Å². The Morgan fingerprint density at radius 2 is 1.74 bits per heavy atom. The number of nitrogen functional groups attached to an aromatic ring is 1. The van der Waals surface area contributed by atoms with E-state index in [4.69, 9.17) is 5.73 Å². The van der Waals surface area contributed by atoms with E-state index in [9.17, 15) is 12.8 Å². The summed E-state index contributed by atoms with van der Waals surface area (Å²) in [7, 11) is -3.75. The highest BCUT2D eigenvalue weighted by atomic mass is 32.2. The van der Waals surface area contributed by atoms with Crippen molar-refractivity contribution < 1.29 is 12.8 Å². The number of halogens is 1. The zero-order valence-corrected chi connectivity index (χ0v) is 18.4. The molecule has 0 aliphatic heterocycles. The van der Waals surface area contributed by atoms with Gasteiger partial charge in [0.1, 0.15) is 5.82 Å². The topological polar surface area (TPSA) is 101 Å². The zero-order chi connectivity index (χ0) is 22.4. The van der Waals surface area contributed by atoms with Crippen LogP contribution in [0.4, 0.5) is 10.3 Å². The quantitative estimate of drug-likeness (QED) is 0.493. The van der Waals surface area contributed by atoms with E-state index in [2.05, 4.69) is 15.3 Å². The van der Waals surface area contributed by atoms with Crippen molar-refractivity contribution in [3.8, 4) is 22.3 Å². The van der Waals surface area contributed by atoms with Crippen molar-refractivity contribution in [3.63, 3.8) is 0 Å². The molecular weight excluding hydrogens is 417 g/mol. The Morgan fingerprint density at radius 3 is 2.39 bits per heavy atom. The number of rotatable bonds is 9. The van der Waals surface area contributed by atoms with E-state index >= 15 is 0 Å². The van der Waals surface area contributed by atoms with E-state index in [1.807, 2.05) is 6.92 Å². The Kier molecular flexibility index (Phi) is 7.32.